The lowest BCUT2D eigenvalue weighted by Crippen LogP contribution is -2.37. The Hall–Kier alpha value is -2.71. The summed E-state index contributed by atoms with van der Waals surface area (Å²) in [5.74, 6) is -0.792. The summed E-state index contributed by atoms with van der Waals surface area (Å²) in [5, 5.41) is 2.31. The Morgan fingerprint density at radius 3 is 2.44 bits per heavy atom. The molecule has 0 bridgehead atoms. The minimum absolute atomic E-state index is 0.0908. The summed E-state index contributed by atoms with van der Waals surface area (Å²) < 4.78 is 0. The second-order valence-corrected chi connectivity index (χ2v) is 7.80. The van der Waals surface area contributed by atoms with Crippen molar-refractivity contribution in [2.24, 2.45) is 0 Å². The molecule has 138 valence electrons. The maximum atomic E-state index is 12.4. The Kier molecular flexibility index (Phi) is 5.88. The Morgan fingerprint density at radius 1 is 1.07 bits per heavy atom. The number of benzene rings is 1. The van der Waals surface area contributed by atoms with Gasteiger partial charge in [-0.1, -0.05) is 30.3 Å². The van der Waals surface area contributed by atoms with Gasteiger partial charge in [0.15, 0.2) is 5.78 Å². The lowest BCUT2D eigenvalue weighted by molar-refractivity contribution is -0.122. The van der Waals surface area contributed by atoms with Gasteiger partial charge in [-0.05, 0) is 42.5 Å². The third-order valence-corrected chi connectivity index (χ3v) is 5.86. The number of amides is 3. The quantitative estimate of drug-likeness (QED) is 0.593. The lowest BCUT2D eigenvalue weighted by Gasteiger charge is -2.12. The standard InChI is InChI=1S/C19H16N2O4S2/c1-12(22)14-7-8-15(26-14)17(23)20-9-10-21-18(24)16(27-19(21)25)11-13-5-3-2-4-6-13/h2-8,11H,9-10H2,1H3,(H,20,23). The van der Waals surface area contributed by atoms with Gasteiger partial charge in [0.25, 0.3) is 17.1 Å². The molecule has 0 radical (unpaired) electrons. The molecule has 27 heavy (non-hydrogen) atoms. The van der Waals surface area contributed by atoms with E-state index in [4.69, 9.17) is 0 Å². The summed E-state index contributed by atoms with van der Waals surface area (Å²) in [6, 6.07) is 12.5. The van der Waals surface area contributed by atoms with Crippen molar-refractivity contribution in [2.45, 2.75) is 6.92 Å². The fourth-order valence-electron chi connectivity index (χ4n) is 2.41. The molecule has 1 aromatic carbocycles. The van der Waals surface area contributed by atoms with Crippen molar-refractivity contribution in [3.8, 4) is 0 Å². The van der Waals surface area contributed by atoms with Gasteiger partial charge in [-0.2, -0.15) is 0 Å². The van der Waals surface area contributed by atoms with Crippen molar-refractivity contribution in [3.63, 3.8) is 0 Å². The molecule has 0 spiro atoms. The van der Waals surface area contributed by atoms with E-state index >= 15 is 0 Å². The minimum atomic E-state index is -0.363. The number of thioether (sulfide) groups is 1. The van der Waals surface area contributed by atoms with E-state index in [1.54, 1.807) is 18.2 Å². The largest absolute Gasteiger partial charge is 0.350 e. The SMILES string of the molecule is CC(=O)c1ccc(C(=O)NCCN2C(=O)SC(=Cc3ccccc3)C2=O)s1. The maximum absolute atomic E-state index is 12.4. The van der Waals surface area contributed by atoms with E-state index in [0.29, 0.717) is 14.7 Å². The molecule has 2 aromatic rings. The van der Waals surface area contributed by atoms with E-state index < -0.39 is 0 Å². The number of imide groups is 1. The predicted octanol–water partition coefficient (Wildman–Crippen LogP) is 3.42. The van der Waals surface area contributed by atoms with Crippen LogP contribution < -0.4 is 5.32 Å². The van der Waals surface area contributed by atoms with Gasteiger partial charge in [0, 0.05) is 13.1 Å². The number of ketones is 1. The Bertz CT molecular complexity index is 934. The van der Waals surface area contributed by atoms with Gasteiger partial charge in [-0.3, -0.25) is 24.1 Å². The van der Waals surface area contributed by atoms with Crippen molar-refractivity contribution < 1.29 is 19.2 Å². The van der Waals surface area contributed by atoms with E-state index in [-0.39, 0.29) is 35.9 Å². The number of carbonyl (C=O) groups is 4. The van der Waals surface area contributed by atoms with E-state index in [2.05, 4.69) is 5.32 Å². The van der Waals surface area contributed by atoms with E-state index in [0.717, 1.165) is 33.6 Å². The first-order valence-electron chi connectivity index (χ1n) is 8.15. The summed E-state index contributed by atoms with van der Waals surface area (Å²) in [6.45, 7) is 1.67. The Morgan fingerprint density at radius 2 is 1.78 bits per heavy atom. The van der Waals surface area contributed by atoms with Crippen LogP contribution in [0.3, 0.4) is 0 Å². The van der Waals surface area contributed by atoms with Crippen molar-refractivity contribution >= 4 is 52.0 Å². The number of Topliss-reactive ketones (excluding diaryl/α,β-unsaturated/α-hetero) is 1. The average Bonchev–Trinajstić information content (AvgIpc) is 3.24. The molecular weight excluding hydrogens is 384 g/mol. The molecule has 1 aliphatic heterocycles. The molecule has 0 aliphatic carbocycles. The first-order chi connectivity index (χ1) is 13.0. The van der Waals surface area contributed by atoms with Gasteiger partial charge >= 0.3 is 0 Å². The van der Waals surface area contributed by atoms with Crippen LogP contribution in [0, 0.1) is 0 Å². The van der Waals surface area contributed by atoms with Gasteiger partial charge in [0.05, 0.1) is 14.7 Å². The first-order valence-corrected chi connectivity index (χ1v) is 9.78. The van der Waals surface area contributed by atoms with Gasteiger partial charge < -0.3 is 5.32 Å². The highest BCUT2D eigenvalue weighted by Crippen LogP contribution is 2.31. The summed E-state index contributed by atoms with van der Waals surface area (Å²) in [5.41, 5.74) is 0.843. The van der Waals surface area contributed by atoms with Crippen molar-refractivity contribution in [1.82, 2.24) is 10.2 Å². The Balaban J connectivity index is 1.57. The molecule has 3 amide bonds. The lowest BCUT2D eigenvalue weighted by atomic mass is 10.2. The van der Waals surface area contributed by atoms with Crippen LogP contribution in [0.2, 0.25) is 0 Å². The smallest absolute Gasteiger partial charge is 0.293 e. The number of hydrogen-bond acceptors (Lipinski definition) is 6. The zero-order chi connectivity index (χ0) is 19.4. The van der Waals surface area contributed by atoms with E-state index in [9.17, 15) is 19.2 Å². The monoisotopic (exact) mass is 400 g/mol. The number of thiophene rings is 1. The second-order valence-electron chi connectivity index (χ2n) is 5.72. The highest BCUT2D eigenvalue weighted by molar-refractivity contribution is 8.18. The van der Waals surface area contributed by atoms with Crippen molar-refractivity contribution in [3.05, 3.63) is 62.7 Å². The second kappa shape index (κ2) is 8.32. The topological polar surface area (TPSA) is 83.6 Å². The number of nitrogens with one attached hydrogen (secondary N) is 1. The van der Waals surface area contributed by atoms with Crippen LogP contribution in [-0.2, 0) is 4.79 Å². The molecule has 1 saturated heterocycles. The van der Waals surface area contributed by atoms with Crippen LogP contribution in [0.4, 0.5) is 4.79 Å². The molecule has 0 saturated carbocycles. The molecule has 1 aliphatic rings. The first kappa shape index (κ1) is 19.1. The molecule has 2 heterocycles. The number of hydrogen-bond donors (Lipinski definition) is 1. The summed E-state index contributed by atoms with van der Waals surface area (Å²) in [6.07, 6.45) is 1.68. The van der Waals surface area contributed by atoms with Crippen LogP contribution in [0.25, 0.3) is 6.08 Å². The molecule has 8 heteroatoms. The highest BCUT2D eigenvalue weighted by atomic mass is 32.2. The van der Waals surface area contributed by atoms with E-state index in [1.807, 2.05) is 30.3 Å². The molecule has 1 N–H and O–H groups in total. The van der Waals surface area contributed by atoms with Crippen LogP contribution >= 0.6 is 23.1 Å². The van der Waals surface area contributed by atoms with E-state index in [1.165, 1.54) is 6.92 Å². The van der Waals surface area contributed by atoms with Crippen LogP contribution in [-0.4, -0.2) is 40.8 Å². The summed E-state index contributed by atoms with van der Waals surface area (Å²) in [7, 11) is 0. The normalized spacial score (nSPS) is 15.4. The fraction of sp³-hybridized carbons (Fsp3) is 0.158. The molecule has 3 rings (SSSR count). The van der Waals surface area contributed by atoms with Crippen molar-refractivity contribution in [1.29, 1.82) is 0 Å². The third kappa shape index (κ3) is 4.53. The molecule has 0 atom stereocenters. The van der Waals surface area contributed by atoms with Crippen LogP contribution in [0.15, 0.2) is 47.4 Å². The zero-order valence-electron chi connectivity index (χ0n) is 14.4. The fourth-order valence-corrected chi connectivity index (χ4v) is 4.09. The summed E-state index contributed by atoms with van der Waals surface area (Å²) in [4.78, 5) is 50.3. The molecule has 0 unspecified atom stereocenters. The maximum Gasteiger partial charge on any atom is 0.293 e. The van der Waals surface area contributed by atoms with Crippen LogP contribution in [0.5, 0.6) is 0 Å². The number of carbonyl (C=O) groups excluding carboxylic acids is 4. The van der Waals surface area contributed by atoms with Crippen molar-refractivity contribution in [2.75, 3.05) is 13.1 Å². The van der Waals surface area contributed by atoms with Gasteiger partial charge in [0.1, 0.15) is 0 Å². The van der Waals surface area contributed by atoms with Gasteiger partial charge in [-0.25, -0.2) is 0 Å². The van der Waals surface area contributed by atoms with Gasteiger partial charge in [-0.15, -0.1) is 11.3 Å². The molecule has 1 fully saturated rings. The molecular formula is C19H16N2O4S2. The molecule has 1 aromatic heterocycles. The van der Waals surface area contributed by atoms with Gasteiger partial charge in [0.2, 0.25) is 0 Å². The zero-order valence-corrected chi connectivity index (χ0v) is 16.1. The number of nitrogens with zero attached hydrogens (tertiary/aromatic N) is 1. The third-order valence-electron chi connectivity index (χ3n) is 3.77. The Labute approximate surface area is 164 Å². The minimum Gasteiger partial charge on any atom is -0.350 e. The summed E-state index contributed by atoms with van der Waals surface area (Å²) >= 11 is 2.00. The molecule has 6 nitrogen and oxygen atoms in total. The highest BCUT2D eigenvalue weighted by Gasteiger charge is 2.34. The number of rotatable bonds is 6. The average molecular weight is 400 g/mol. The van der Waals surface area contributed by atoms with Crippen LogP contribution in [0.1, 0.15) is 31.8 Å². The predicted molar refractivity (Wildman–Crippen MR) is 106 cm³/mol.